The molecule has 2 N–H and O–H groups in total. The summed E-state index contributed by atoms with van der Waals surface area (Å²) in [5.74, 6) is -0.909. The van der Waals surface area contributed by atoms with Crippen molar-refractivity contribution in [2.24, 2.45) is 0 Å². The summed E-state index contributed by atoms with van der Waals surface area (Å²) in [6.07, 6.45) is 2.38. The maximum absolute atomic E-state index is 13.3. The van der Waals surface area contributed by atoms with Crippen LogP contribution in [-0.4, -0.2) is 31.7 Å². The van der Waals surface area contributed by atoms with Gasteiger partial charge in [0.2, 0.25) is 5.91 Å². The third-order valence-corrected chi connectivity index (χ3v) is 3.79. The van der Waals surface area contributed by atoms with Gasteiger partial charge in [-0.25, -0.2) is 4.39 Å². The van der Waals surface area contributed by atoms with Crippen LogP contribution in [-0.2, 0) is 9.53 Å². The zero-order valence-electron chi connectivity index (χ0n) is 11.4. The number of hydrogen-bond acceptors (Lipinski definition) is 3. The predicted octanol–water partition coefficient (Wildman–Crippen LogP) is 3.23. The number of hydrogen-bond donors (Lipinski definition) is 2. The van der Waals surface area contributed by atoms with Gasteiger partial charge in [0.1, 0.15) is 0 Å². The summed E-state index contributed by atoms with van der Waals surface area (Å²) in [7, 11) is 0. The molecule has 0 bridgehead atoms. The highest BCUT2D eigenvalue weighted by molar-refractivity contribution is 6.35. The second kappa shape index (κ2) is 7.94. The van der Waals surface area contributed by atoms with Crippen molar-refractivity contribution in [3.8, 4) is 0 Å². The van der Waals surface area contributed by atoms with E-state index in [9.17, 15) is 9.18 Å². The van der Waals surface area contributed by atoms with E-state index < -0.39 is 5.82 Å². The van der Waals surface area contributed by atoms with Crippen LogP contribution in [0.5, 0.6) is 0 Å². The lowest BCUT2D eigenvalue weighted by Crippen LogP contribution is -2.33. The van der Waals surface area contributed by atoms with E-state index in [1.54, 1.807) is 0 Å². The second-order valence-electron chi connectivity index (χ2n) is 4.87. The molecule has 1 aromatic rings. The molecule has 1 fully saturated rings. The van der Waals surface area contributed by atoms with Crippen LogP contribution in [0.25, 0.3) is 0 Å². The van der Waals surface area contributed by atoms with E-state index in [-0.39, 0.29) is 28.5 Å². The fraction of sp³-hybridized carbons (Fsp3) is 0.500. The summed E-state index contributed by atoms with van der Waals surface area (Å²) < 4.78 is 18.9. The van der Waals surface area contributed by atoms with E-state index in [0.717, 1.165) is 25.9 Å². The molecule has 0 aliphatic carbocycles. The maximum Gasteiger partial charge on any atom is 0.226 e. The smallest absolute Gasteiger partial charge is 0.226 e. The number of rotatable bonds is 5. The Labute approximate surface area is 132 Å². The normalized spacial score (nSPS) is 16.0. The monoisotopic (exact) mass is 334 g/mol. The van der Waals surface area contributed by atoms with Crippen molar-refractivity contribution in [3.05, 3.63) is 28.0 Å². The molecule has 21 heavy (non-hydrogen) atoms. The highest BCUT2D eigenvalue weighted by Gasteiger charge is 2.14. The highest BCUT2D eigenvalue weighted by atomic mass is 35.5. The van der Waals surface area contributed by atoms with E-state index in [1.807, 2.05) is 0 Å². The second-order valence-corrected chi connectivity index (χ2v) is 5.69. The van der Waals surface area contributed by atoms with Crippen molar-refractivity contribution >= 4 is 34.8 Å². The zero-order chi connectivity index (χ0) is 15.2. The minimum absolute atomic E-state index is 0.122. The molecule has 1 saturated heterocycles. The average Bonchev–Trinajstić information content (AvgIpc) is 2.46. The Morgan fingerprint density at radius 3 is 2.57 bits per heavy atom. The minimum Gasteiger partial charge on any atom is -0.378 e. The Hall–Kier alpha value is -0.880. The van der Waals surface area contributed by atoms with Gasteiger partial charge in [0.05, 0.1) is 29.2 Å². The third kappa shape index (κ3) is 5.11. The van der Waals surface area contributed by atoms with Gasteiger partial charge in [-0.05, 0) is 38.1 Å². The molecule has 0 aromatic heterocycles. The molecular weight excluding hydrogens is 318 g/mol. The van der Waals surface area contributed by atoms with Crippen LogP contribution in [0, 0.1) is 5.82 Å². The van der Waals surface area contributed by atoms with Crippen LogP contribution in [0.4, 0.5) is 10.1 Å². The maximum atomic E-state index is 13.3. The Kier molecular flexibility index (Phi) is 6.23. The van der Waals surface area contributed by atoms with Gasteiger partial charge in [-0.1, -0.05) is 23.2 Å². The molecule has 1 heterocycles. The summed E-state index contributed by atoms with van der Waals surface area (Å²) in [4.78, 5) is 11.8. The van der Waals surface area contributed by atoms with E-state index in [1.165, 1.54) is 12.1 Å². The number of piperidine rings is 1. The fourth-order valence-corrected chi connectivity index (χ4v) is 2.62. The first-order valence-corrected chi connectivity index (χ1v) is 7.58. The van der Waals surface area contributed by atoms with Crippen molar-refractivity contribution in [2.45, 2.75) is 25.4 Å². The average molecular weight is 335 g/mol. The fourth-order valence-electron chi connectivity index (χ4n) is 2.13. The number of ether oxygens (including phenoxy) is 1. The Morgan fingerprint density at radius 1 is 1.33 bits per heavy atom. The molecular formula is C14H17Cl2FN2O2. The van der Waals surface area contributed by atoms with E-state index >= 15 is 0 Å². The van der Waals surface area contributed by atoms with Crippen molar-refractivity contribution in [2.75, 3.05) is 25.0 Å². The van der Waals surface area contributed by atoms with Gasteiger partial charge in [0, 0.05) is 5.69 Å². The number of carbonyl (C=O) groups excluding carboxylic acids is 1. The van der Waals surface area contributed by atoms with Crippen molar-refractivity contribution in [1.82, 2.24) is 5.32 Å². The van der Waals surface area contributed by atoms with Crippen LogP contribution in [0.3, 0.4) is 0 Å². The lowest BCUT2D eigenvalue weighted by Gasteiger charge is -2.22. The number of nitrogens with one attached hydrogen (secondary N) is 2. The third-order valence-electron chi connectivity index (χ3n) is 3.24. The topological polar surface area (TPSA) is 50.4 Å². The molecule has 0 spiro atoms. The van der Waals surface area contributed by atoms with Crippen LogP contribution in [0.15, 0.2) is 12.1 Å². The van der Waals surface area contributed by atoms with Crippen LogP contribution in [0.2, 0.25) is 10.0 Å². The molecule has 0 unspecified atom stereocenters. The zero-order valence-corrected chi connectivity index (χ0v) is 12.9. The van der Waals surface area contributed by atoms with Crippen LogP contribution >= 0.6 is 23.2 Å². The van der Waals surface area contributed by atoms with Gasteiger partial charge in [-0.15, -0.1) is 0 Å². The van der Waals surface area contributed by atoms with Gasteiger partial charge in [0.15, 0.2) is 5.82 Å². The molecule has 1 amide bonds. The van der Waals surface area contributed by atoms with Crippen molar-refractivity contribution in [1.29, 1.82) is 0 Å². The van der Waals surface area contributed by atoms with Gasteiger partial charge in [-0.2, -0.15) is 0 Å². The summed E-state index contributed by atoms with van der Waals surface area (Å²) in [5.41, 5.74) is 0.373. The largest absolute Gasteiger partial charge is 0.378 e. The van der Waals surface area contributed by atoms with E-state index in [4.69, 9.17) is 27.9 Å². The molecule has 0 saturated carbocycles. The Balaban J connectivity index is 1.76. The van der Waals surface area contributed by atoms with Gasteiger partial charge < -0.3 is 15.4 Å². The standard InChI is InChI=1S/C14H17Cl2FN2O2/c15-11-7-9(8-12(16)14(11)17)19-13(20)3-6-21-10-1-4-18-5-2-10/h7-8,10,18H,1-6H2,(H,19,20). The molecule has 0 atom stereocenters. The summed E-state index contributed by atoms with van der Waals surface area (Å²) in [6.45, 7) is 2.26. The number of benzene rings is 1. The Bertz CT molecular complexity index is 485. The molecule has 1 aliphatic rings. The van der Waals surface area contributed by atoms with Gasteiger partial charge in [-0.3, -0.25) is 4.79 Å². The number of halogens is 3. The summed E-state index contributed by atoms with van der Waals surface area (Å²) >= 11 is 11.3. The number of amides is 1. The minimum atomic E-state index is -0.689. The summed E-state index contributed by atoms with van der Waals surface area (Å²) in [5, 5.41) is 5.63. The number of anilines is 1. The molecule has 2 rings (SSSR count). The van der Waals surface area contributed by atoms with Crippen molar-refractivity contribution in [3.63, 3.8) is 0 Å². The molecule has 7 heteroatoms. The molecule has 1 aromatic carbocycles. The first-order chi connectivity index (χ1) is 10.1. The molecule has 0 radical (unpaired) electrons. The Morgan fingerprint density at radius 2 is 1.95 bits per heavy atom. The lowest BCUT2D eigenvalue weighted by molar-refractivity contribution is -0.117. The quantitative estimate of drug-likeness (QED) is 0.813. The van der Waals surface area contributed by atoms with E-state index in [2.05, 4.69) is 10.6 Å². The van der Waals surface area contributed by atoms with Crippen LogP contribution < -0.4 is 10.6 Å². The first kappa shape index (κ1) is 16.5. The van der Waals surface area contributed by atoms with Crippen molar-refractivity contribution < 1.29 is 13.9 Å². The molecule has 116 valence electrons. The van der Waals surface area contributed by atoms with Gasteiger partial charge >= 0.3 is 0 Å². The lowest BCUT2D eigenvalue weighted by atomic mass is 10.1. The highest BCUT2D eigenvalue weighted by Crippen LogP contribution is 2.27. The SMILES string of the molecule is O=C(CCOC1CCNCC1)Nc1cc(Cl)c(F)c(Cl)c1. The molecule has 4 nitrogen and oxygen atoms in total. The summed E-state index contributed by atoms with van der Waals surface area (Å²) in [6, 6.07) is 2.66. The van der Waals surface area contributed by atoms with Gasteiger partial charge in [0.25, 0.3) is 0 Å². The van der Waals surface area contributed by atoms with Crippen LogP contribution in [0.1, 0.15) is 19.3 Å². The predicted molar refractivity (Wildman–Crippen MR) is 81.5 cm³/mol. The molecule has 1 aliphatic heterocycles. The van der Waals surface area contributed by atoms with E-state index in [0.29, 0.717) is 12.3 Å². The first-order valence-electron chi connectivity index (χ1n) is 6.83. The number of carbonyl (C=O) groups is 1.